The molecule has 0 atom stereocenters. The highest BCUT2D eigenvalue weighted by molar-refractivity contribution is 9.10. The smallest absolute Gasteiger partial charge is 0.179 e. The molecule has 0 fully saturated rings. The Balaban J connectivity index is 1.47. The predicted octanol–water partition coefficient (Wildman–Crippen LogP) is 7.39. The highest BCUT2D eigenvalue weighted by atomic mass is 79.9. The first kappa shape index (κ1) is 23.9. The summed E-state index contributed by atoms with van der Waals surface area (Å²) in [5, 5.41) is 7.73. The zero-order valence-electron chi connectivity index (χ0n) is 21.2. The zero-order chi connectivity index (χ0) is 26.2. The number of halogens is 1. The lowest BCUT2D eigenvalue weighted by atomic mass is 10.0. The van der Waals surface area contributed by atoms with Crippen LogP contribution in [0, 0.1) is 0 Å². The average molecular weight is 582 g/mol. The molecule has 7 aromatic rings. The minimum Gasteiger partial charge on any atom is -0.455 e. The molecule has 1 heterocycles. The fourth-order valence-electron chi connectivity index (χ4n) is 5.97. The Hall–Kier alpha value is -4.18. The van der Waals surface area contributed by atoms with Crippen LogP contribution in [-0.4, -0.2) is 8.07 Å². The number of hydrogen-bond donors (Lipinski definition) is 0. The van der Waals surface area contributed by atoms with Gasteiger partial charge in [-0.15, -0.1) is 0 Å². The Labute approximate surface area is 237 Å². The van der Waals surface area contributed by atoms with Crippen LogP contribution in [0.4, 0.5) is 0 Å². The van der Waals surface area contributed by atoms with Crippen LogP contribution >= 0.6 is 15.9 Å². The molecule has 0 bridgehead atoms. The van der Waals surface area contributed by atoms with Crippen LogP contribution in [0.3, 0.4) is 0 Å². The molecule has 0 aliphatic rings. The van der Waals surface area contributed by atoms with Crippen molar-refractivity contribution in [2.45, 2.75) is 0 Å². The number of fused-ring (bicyclic) bond motifs is 3. The van der Waals surface area contributed by atoms with Gasteiger partial charge in [-0.3, -0.25) is 0 Å². The Morgan fingerprint density at radius 1 is 0.462 bits per heavy atom. The van der Waals surface area contributed by atoms with E-state index in [1.807, 2.05) is 12.1 Å². The van der Waals surface area contributed by atoms with Crippen molar-refractivity contribution in [1.29, 1.82) is 0 Å². The number of hydrogen-bond acceptors (Lipinski definition) is 1. The van der Waals surface area contributed by atoms with E-state index in [9.17, 15) is 0 Å². The SMILES string of the molecule is Brc1cc(-c2ccc([Si](c3ccccc3)(c3ccccc3)c3ccccc3)cc2)c2oc3ccccc3c2c1. The summed E-state index contributed by atoms with van der Waals surface area (Å²) < 4.78 is 7.43. The van der Waals surface area contributed by atoms with Gasteiger partial charge in [0.1, 0.15) is 11.2 Å². The van der Waals surface area contributed by atoms with Gasteiger partial charge >= 0.3 is 0 Å². The van der Waals surface area contributed by atoms with Crippen LogP contribution in [-0.2, 0) is 0 Å². The summed E-state index contributed by atoms with van der Waals surface area (Å²) in [6.45, 7) is 0. The molecule has 0 saturated carbocycles. The molecule has 0 unspecified atom stereocenters. The largest absolute Gasteiger partial charge is 0.455 e. The summed E-state index contributed by atoms with van der Waals surface area (Å²) in [6.07, 6.45) is 0. The maximum absolute atomic E-state index is 6.39. The monoisotopic (exact) mass is 580 g/mol. The van der Waals surface area contributed by atoms with Crippen molar-refractivity contribution >= 4 is 66.7 Å². The highest BCUT2D eigenvalue weighted by Crippen LogP contribution is 2.38. The maximum Gasteiger partial charge on any atom is 0.179 e. The Kier molecular flexibility index (Phi) is 6.03. The van der Waals surface area contributed by atoms with E-state index in [1.54, 1.807) is 0 Å². The summed E-state index contributed by atoms with van der Waals surface area (Å²) in [4.78, 5) is 0. The van der Waals surface area contributed by atoms with Crippen LogP contribution in [0.5, 0.6) is 0 Å². The van der Waals surface area contributed by atoms with E-state index in [0.717, 1.165) is 37.5 Å². The second-order valence-corrected chi connectivity index (χ2v) is 14.6. The highest BCUT2D eigenvalue weighted by Gasteiger charge is 2.41. The minimum absolute atomic E-state index is 0.909. The van der Waals surface area contributed by atoms with Crippen molar-refractivity contribution in [3.8, 4) is 11.1 Å². The van der Waals surface area contributed by atoms with Gasteiger partial charge in [0.2, 0.25) is 0 Å². The lowest BCUT2D eigenvalue weighted by Crippen LogP contribution is -2.74. The fourth-order valence-corrected chi connectivity index (χ4v) is 11.2. The van der Waals surface area contributed by atoms with Gasteiger partial charge in [-0.05, 0) is 44.5 Å². The topological polar surface area (TPSA) is 13.1 Å². The van der Waals surface area contributed by atoms with Crippen molar-refractivity contribution < 1.29 is 4.42 Å². The van der Waals surface area contributed by atoms with Gasteiger partial charge in [0, 0.05) is 20.8 Å². The summed E-state index contributed by atoms with van der Waals surface area (Å²) in [5.74, 6) is 0. The van der Waals surface area contributed by atoms with E-state index in [0.29, 0.717) is 0 Å². The molecule has 0 saturated heterocycles. The lowest BCUT2D eigenvalue weighted by Gasteiger charge is -2.34. The van der Waals surface area contributed by atoms with Gasteiger partial charge in [0.25, 0.3) is 0 Å². The molecule has 0 aliphatic carbocycles. The van der Waals surface area contributed by atoms with E-state index in [-0.39, 0.29) is 0 Å². The van der Waals surface area contributed by atoms with Gasteiger partial charge in [-0.2, -0.15) is 0 Å². The third kappa shape index (κ3) is 3.97. The van der Waals surface area contributed by atoms with Gasteiger partial charge in [0.15, 0.2) is 8.07 Å². The molecule has 0 spiro atoms. The van der Waals surface area contributed by atoms with E-state index in [1.165, 1.54) is 20.7 Å². The van der Waals surface area contributed by atoms with Crippen molar-refractivity contribution in [1.82, 2.24) is 0 Å². The quantitative estimate of drug-likeness (QED) is 0.153. The molecular formula is C36H25BrOSi. The summed E-state index contributed by atoms with van der Waals surface area (Å²) in [5.41, 5.74) is 4.06. The van der Waals surface area contributed by atoms with E-state index >= 15 is 0 Å². The molecule has 0 amide bonds. The van der Waals surface area contributed by atoms with Crippen LogP contribution < -0.4 is 20.7 Å². The first-order valence-corrected chi connectivity index (χ1v) is 15.9. The van der Waals surface area contributed by atoms with Gasteiger partial charge < -0.3 is 4.42 Å². The molecule has 39 heavy (non-hydrogen) atoms. The van der Waals surface area contributed by atoms with Gasteiger partial charge in [-0.1, -0.05) is 149 Å². The zero-order valence-corrected chi connectivity index (χ0v) is 23.8. The molecule has 7 rings (SSSR count). The van der Waals surface area contributed by atoms with Gasteiger partial charge in [-0.25, -0.2) is 0 Å². The number of benzene rings is 6. The summed E-state index contributed by atoms with van der Waals surface area (Å²) in [6, 6.07) is 54.8. The van der Waals surface area contributed by atoms with Crippen molar-refractivity contribution in [3.63, 3.8) is 0 Å². The van der Waals surface area contributed by atoms with Crippen LogP contribution in [0.25, 0.3) is 33.1 Å². The van der Waals surface area contributed by atoms with Gasteiger partial charge in [0.05, 0.1) is 0 Å². The minimum atomic E-state index is -2.55. The molecule has 0 N–H and O–H groups in total. The number of furan rings is 1. The Bertz CT molecular complexity index is 1800. The Morgan fingerprint density at radius 2 is 0.949 bits per heavy atom. The second-order valence-electron chi connectivity index (χ2n) is 9.85. The van der Waals surface area contributed by atoms with Crippen LogP contribution in [0.2, 0.25) is 0 Å². The summed E-state index contributed by atoms with van der Waals surface area (Å²) in [7, 11) is -2.55. The average Bonchev–Trinajstić information content (AvgIpc) is 3.38. The third-order valence-electron chi connectivity index (χ3n) is 7.69. The maximum atomic E-state index is 6.39. The Morgan fingerprint density at radius 3 is 1.51 bits per heavy atom. The van der Waals surface area contributed by atoms with E-state index in [4.69, 9.17) is 4.42 Å². The molecule has 0 radical (unpaired) electrons. The molecule has 0 aliphatic heterocycles. The first-order valence-electron chi connectivity index (χ1n) is 13.1. The summed E-state index contributed by atoms with van der Waals surface area (Å²) >= 11 is 3.75. The molecule has 3 heteroatoms. The molecular weight excluding hydrogens is 556 g/mol. The normalized spacial score (nSPS) is 11.7. The predicted molar refractivity (Wildman–Crippen MR) is 170 cm³/mol. The number of para-hydroxylation sites is 1. The third-order valence-corrected chi connectivity index (χ3v) is 12.9. The van der Waals surface area contributed by atoms with Crippen molar-refractivity contribution in [2.75, 3.05) is 0 Å². The van der Waals surface area contributed by atoms with E-state index in [2.05, 4.69) is 155 Å². The second kappa shape index (κ2) is 9.85. The number of rotatable bonds is 5. The molecule has 1 nitrogen and oxygen atoms in total. The van der Waals surface area contributed by atoms with Crippen molar-refractivity contribution in [2.24, 2.45) is 0 Å². The van der Waals surface area contributed by atoms with Crippen LogP contribution in [0.15, 0.2) is 161 Å². The molecule has 6 aromatic carbocycles. The van der Waals surface area contributed by atoms with Crippen molar-refractivity contribution in [3.05, 3.63) is 156 Å². The standard InChI is InChI=1S/C36H25BrOSi/c37-27-24-33(36-34(25-27)32-18-10-11-19-35(32)38-36)26-20-22-31(23-21-26)39(28-12-4-1-5-13-28,29-14-6-2-7-15-29)30-16-8-3-9-17-30/h1-25H. The lowest BCUT2D eigenvalue weighted by molar-refractivity contribution is 0.670. The van der Waals surface area contributed by atoms with Crippen LogP contribution in [0.1, 0.15) is 0 Å². The molecule has 186 valence electrons. The fraction of sp³-hybridized carbons (Fsp3) is 0. The van der Waals surface area contributed by atoms with E-state index < -0.39 is 8.07 Å². The molecule has 1 aromatic heterocycles. The first-order chi connectivity index (χ1) is 19.2.